The maximum Gasteiger partial charge on any atom is 0.417 e. The molecule has 4 nitrogen and oxygen atoms in total. The van der Waals surface area contributed by atoms with Crippen LogP contribution in [0.1, 0.15) is 23.6 Å². The van der Waals surface area contributed by atoms with Gasteiger partial charge in [0.1, 0.15) is 6.54 Å². The van der Waals surface area contributed by atoms with Crippen molar-refractivity contribution in [2.24, 2.45) is 0 Å². The highest BCUT2D eigenvalue weighted by atomic mass is 35.5. The fraction of sp³-hybridized carbons (Fsp3) is 0.263. The molecule has 0 radical (unpaired) electrons. The first-order valence-electron chi connectivity index (χ1n) is 8.01. The first-order chi connectivity index (χ1) is 12.5. The van der Waals surface area contributed by atoms with Gasteiger partial charge in [-0.2, -0.15) is 13.2 Å². The third kappa shape index (κ3) is 5.01. The number of hydrogen-bond donors (Lipinski definition) is 1. The Morgan fingerprint density at radius 1 is 1.11 bits per heavy atom. The summed E-state index contributed by atoms with van der Waals surface area (Å²) in [7, 11) is 0. The molecule has 0 aromatic heterocycles. The molecule has 0 atom stereocenters. The number of rotatable bonds is 4. The molecule has 0 spiro atoms. The Morgan fingerprint density at radius 3 is 2.22 bits per heavy atom. The summed E-state index contributed by atoms with van der Waals surface area (Å²) in [6, 6.07) is 8.56. The van der Waals surface area contributed by atoms with Crippen molar-refractivity contribution in [1.29, 1.82) is 0 Å². The highest BCUT2D eigenvalue weighted by Crippen LogP contribution is 2.37. The number of alkyl halides is 3. The molecule has 0 heterocycles. The molecule has 0 bridgehead atoms. The van der Waals surface area contributed by atoms with Gasteiger partial charge < -0.3 is 10.2 Å². The fourth-order valence-electron chi connectivity index (χ4n) is 2.62. The van der Waals surface area contributed by atoms with Crippen molar-refractivity contribution in [1.82, 2.24) is 0 Å². The van der Waals surface area contributed by atoms with Crippen LogP contribution in [0.15, 0.2) is 36.4 Å². The predicted molar refractivity (Wildman–Crippen MR) is 99.0 cm³/mol. The van der Waals surface area contributed by atoms with Crippen molar-refractivity contribution < 1.29 is 22.8 Å². The molecule has 144 valence electrons. The third-order valence-electron chi connectivity index (χ3n) is 3.99. The summed E-state index contributed by atoms with van der Waals surface area (Å²) in [5.74, 6) is -1.09. The number of halogens is 4. The molecule has 2 aromatic rings. The Kier molecular flexibility index (Phi) is 6.15. The smallest absolute Gasteiger partial charge is 0.324 e. The molecule has 2 aromatic carbocycles. The fourth-order valence-corrected chi connectivity index (χ4v) is 2.84. The Labute approximate surface area is 159 Å². The second-order valence-electron chi connectivity index (χ2n) is 6.08. The Bertz CT molecular complexity index is 861. The lowest BCUT2D eigenvalue weighted by Gasteiger charge is -2.23. The molecule has 0 saturated heterocycles. The summed E-state index contributed by atoms with van der Waals surface area (Å²) < 4.78 is 39.2. The van der Waals surface area contributed by atoms with Gasteiger partial charge in [0.2, 0.25) is 11.8 Å². The molecule has 0 unspecified atom stereocenters. The summed E-state index contributed by atoms with van der Waals surface area (Å²) in [5, 5.41) is 2.23. The van der Waals surface area contributed by atoms with Gasteiger partial charge in [0.05, 0.1) is 10.6 Å². The van der Waals surface area contributed by atoms with Gasteiger partial charge in [0.15, 0.2) is 0 Å². The zero-order chi connectivity index (χ0) is 20.4. The molecule has 0 saturated carbocycles. The number of amides is 2. The minimum atomic E-state index is -4.67. The second-order valence-corrected chi connectivity index (χ2v) is 6.49. The van der Waals surface area contributed by atoms with Gasteiger partial charge in [-0.15, -0.1) is 0 Å². The van der Waals surface area contributed by atoms with Crippen LogP contribution in [0, 0.1) is 13.8 Å². The number of carbonyl (C=O) groups is 2. The molecule has 0 aliphatic carbocycles. The lowest BCUT2D eigenvalue weighted by Crippen LogP contribution is -2.37. The van der Waals surface area contributed by atoms with Crippen molar-refractivity contribution in [3.05, 3.63) is 58.1 Å². The second kappa shape index (κ2) is 8.00. The largest absolute Gasteiger partial charge is 0.417 e. The van der Waals surface area contributed by atoms with Crippen LogP contribution in [-0.2, 0) is 15.8 Å². The van der Waals surface area contributed by atoms with Crippen LogP contribution in [0.3, 0.4) is 0 Å². The van der Waals surface area contributed by atoms with Crippen LogP contribution < -0.4 is 10.2 Å². The third-order valence-corrected chi connectivity index (χ3v) is 4.32. The summed E-state index contributed by atoms with van der Waals surface area (Å²) in [6.45, 7) is 4.39. The lowest BCUT2D eigenvalue weighted by molar-refractivity contribution is -0.137. The normalized spacial score (nSPS) is 11.2. The minimum Gasteiger partial charge on any atom is -0.324 e. The van der Waals surface area contributed by atoms with Crippen molar-refractivity contribution >= 4 is 34.8 Å². The number of para-hydroxylation sites is 1. The van der Waals surface area contributed by atoms with Gasteiger partial charge in [0.25, 0.3) is 0 Å². The first kappa shape index (κ1) is 20.8. The molecular formula is C19H18ClF3N2O2. The molecule has 8 heteroatoms. The van der Waals surface area contributed by atoms with Gasteiger partial charge in [0, 0.05) is 18.3 Å². The van der Waals surface area contributed by atoms with Crippen LogP contribution >= 0.6 is 11.6 Å². The van der Waals surface area contributed by atoms with E-state index in [1.807, 2.05) is 32.0 Å². The van der Waals surface area contributed by atoms with E-state index in [0.717, 1.165) is 28.2 Å². The maximum atomic E-state index is 13.1. The van der Waals surface area contributed by atoms with Crippen LogP contribution in [0.5, 0.6) is 0 Å². The van der Waals surface area contributed by atoms with Crippen molar-refractivity contribution in [3.63, 3.8) is 0 Å². The summed E-state index contributed by atoms with van der Waals surface area (Å²) in [4.78, 5) is 25.3. The number of hydrogen-bond acceptors (Lipinski definition) is 2. The topological polar surface area (TPSA) is 49.4 Å². The van der Waals surface area contributed by atoms with E-state index >= 15 is 0 Å². The summed E-state index contributed by atoms with van der Waals surface area (Å²) >= 11 is 5.61. The van der Waals surface area contributed by atoms with E-state index in [9.17, 15) is 22.8 Å². The van der Waals surface area contributed by atoms with Crippen molar-refractivity contribution in [3.8, 4) is 0 Å². The van der Waals surface area contributed by atoms with E-state index in [0.29, 0.717) is 5.69 Å². The predicted octanol–water partition coefficient (Wildman–Crippen LogP) is 4.97. The summed E-state index contributed by atoms with van der Waals surface area (Å²) in [6.07, 6.45) is -4.67. The molecule has 0 aliphatic rings. The molecular weight excluding hydrogens is 381 g/mol. The Hall–Kier alpha value is -2.54. The highest BCUT2D eigenvalue weighted by molar-refractivity contribution is 6.31. The number of aryl methyl sites for hydroxylation is 2. The first-order valence-corrected chi connectivity index (χ1v) is 8.39. The Balaban J connectivity index is 2.29. The number of benzene rings is 2. The van der Waals surface area contributed by atoms with Crippen LogP contribution in [0.4, 0.5) is 24.5 Å². The van der Waals surface area contributed by atoms with Gasteiger partial charge in [-0.1, -0.05) is 29.8 Å². The average molecular weight is 399 g/mol. The van der Waals surface area contributed by atoms with E-state index in [1.54, 1.807) is 0 Å². The molecule has 27 heavy (non-hydrogen) atoms. The molecule has 2 amide bonds. The van der Waals surface area contributed by atoms with E-state index < -0.39 is 35.1 Å². The quantitative estimate of drug-likeness (QED) is 0.790. The van der Waals surface area contributed by atoms with Crippen LogP contribution in [-0.4, -0.2) is 18.4 Å². The highest BCUT2D eigenvalue weighted by Gasteiger charge is 2.34. The van der Waals surface area contributed by atoms with Gasteiger partial charge >= 0.3 is 6.18 Å². The van der Waals surface area contributed by atoms with Gasteiger partial charge in [-0.05, 0) is 43.2 Å². The summed E-state index contributed by atoms with van der Waals surface area (Å²) in [5.41, 5.74) is 1.16. The zero-order valence-corrected chi connectivity index (χ0v) is 15.7. The zero-order valence-electron chi connectivity index (χ0n) is 14.9. The average Bonchev–Trinajstić information content (AvgIpc) is 2.55. The van der Waals surface area contributed by atoms with Gasteiger partial charge in [-0.3, -0.25) is 9.59 Å². The monoisotopic (exact) mass is 398 g/mol. The van der Waals surface area contributed by atoms with Crippen molar-refractivity contribution in [2.45, 2.75) is 26.9 Å². The standard InChI is InChI=1S/C19H18ClF3N2O2/c1-11-5-4-6-12(2)18(11)24-17(27)10-25(13(3)26)14-7-8-16(20)15(9-14)19(21,22)23/h4-9H,10H2,1-3H3,(H,24,27). The lowest BCUT2D eigenvalue weighted by atomic mass is 10.1. The number of nitrogens with zero attached hydrogens (tertiary/aromatic N) is 1. The van der Waals surface area contributed by atoms with E-state index in [1.165, 1.54) is 13.0 Å². The SMILES string of the molecule is CC(=O)N(CC(=O)Nc1c(C)cccc1C)c1ccc(Cl)c(C(F)(F)F)c1. The number of carbonyl (C=O) groups excluding carboxylic acids is 2. The van der Waals surface area contributed by atoms with E-state index in [-0.39, 0.29) is 5.69 Å². The number of nitrogens with one attached hydrogen (secondary N) is 1. The van der Waals surface area contributed by atoms with Crippen molar-refractivity contribution in [2.75, 3.05) is 16.8 Å². The van der Waals surface area contributed by atoms with Crippen LogP contribution in [0.2, 0.25) is 5.02 Å². The molecule has 2 rings (SSSR count). The Morgan fingerprint density at radius 2 is 1.70 bits per heavy atom. The molecule has 0 fully saturated rings. The molecule has 1 N–H and O–H groups in total. The van der Waals surface area contributed by atoms with E-state index in [2.05, 4.69) is 5.32 Å². The van der Waals surface area contributed by atoms with Crippen LogP contribution in [0.25, 0.3) is 0 Å². The minimum absolute atomic E-state index is 0.0594. The van der Waals surface area contributed by atoms with Gasteiger partial charge in [-0.25, -0.2) is 0 Å². The maximum absolute atomic E-state index is 13.1. The molecule has 0 aliphatic heterocycles. The number of anilines is 2. The van der Waals surface area contributed by atoms with E-state index in [4.69, 9.17) is 11.6 Å².